The number of nitrogens with one attached hydrogen (secondary N) is 1. The molecule has 0 radical (unpaired) electrons. The number of hydrogen-bond acceptors (Lipinski definition) is 7. The number of fused-ring (bicyclic) bond motifs is 1. The third kappa shape index (κ3) is 5.22. The minimum atomic E-state index is -3.76. The van der Waals surface area contributed by atoms with Gasteiger partial charge in [-0.1, -0.05) is 32.1 Å². The van der Waals surface area contributed by atoms with Crippen LogP contribution in [0.4, 0.5) is 5.82 Å². The van der Waals surface area contributed by atoms with Gasteiger partial charge in [0.15, 0.2) is 11.5 Å². The molecule has 0 saturated heterocycles. The van der Waals surface area contributed by atoms with E-state index in [1.165, 1.54) is 38.4 Å². The molecule has 0 spiro atoms. The monoisotopic (exact) mass is 369 g/mol. The van der Waals surface area contributed by atoms with E-state index in [2.05, 4.69) is 19.9 Å². The van der Waals surface area contributed by atoms with Crippen LogP contribution in [0.25, 0.3) is 11.2 Å². The summed E-state index contributed by atoms with van der Waals surface area (Å²) in [4.78, 5) is 24.8. The van der Waals surface area contributed by atoms with Crippen LogP contribution < -0.4 is 5.73 Å². The molecule has 1 unspecified atom stereocenters. The fourth-order valence-electron chi connectivity index (χ4n) is 3.10. The number of ether oxygens (including phenoxy) is 1. The lowest BCUT2D eigenvalue weighted by Gasteiger charge is -2.21. The summed E-state index contributed by atoms with van der Waals surface area (Å²) >= 11 is 0. The van der Waals surface area contributed by atoms with Gasteiger partial charge in [0.25, 0.3) is 0 Å². The molecule has 1 saturated carbocycles. The van der Waals surface area contributed by atoms with Crippen LogP contribution in [-0.2, 0) is 20.4 Å². The average Bonchev–Trinajstić information content (AvgIpc) is 3.00. The standard InChI is InChI=1S/C15H24N5O4P/c16-14-13-15(18-9-17-14)20-12(19-13)8-23-10-25(21,22)24-7-6-11-4-2-1-3-5-11/h9,11H,1-8,10H2,(H,21,22)(H3,16,17,18,19,20). The molecule has 4 N–H and O–H groups in total. The van der Waals surface area contributed by atoms with Gasteiger partial charge in [-0.3, -0.25) is 4.57 Å². The summed E-state index contributed by atoms with van der Waals surface area (Å²) < 4.78 is 22.4. The van der Waals surface area contributed by atoms with E-state index in [-0.39, 0.29) is 13.0 Å². The number of anilines is 1. The Balaban J connectivity index is 1.41. The molecular formula is C15H24N5O4P. The zero-order valence-electron chi connectivity index (χ0n) is 14.1. The molecule has 1 atom stereocenters. The minimum absolute atomic E-state index is 0.0341. The maximum absolute atomic E-state index is 12.0. The lowest BCUT2D eigenvalue weighted by Crippen LogP contribution is -2.10. The Morgan fingerprint density at radius 2 is 2.12 bits per heavy atom. The predicted octanol–water partition coefficient (Wildman–Crippen LogP) is 2.58. The van der Waals surface area contributed by atoms with Crippen molar-refractivity contribution in [2.45, 2.75) is 45.1 Å². The van der Waals surface area contributed by atoms with Gasteiger partial charge in [0.1, 0.15) is 30.6 Å². The van der Waals surface area contributed by atoms with Gasteiger partial charge < -0.3 is 24.9 Å². The fraction of sp³-hybridized carbons (Fsp3) is 0.667. The van der Waals surface area contributed by atoms with Crippen molar-refractivity contribution in [1.82, 2.24) is 19.9 Å². The Labute approximate surface area is 145 Å². The number of H-pyrrole nitrogens is 1. The maximum Gasteiger partial charge on any atom is 0.353 e. The van der Waals surface area contributed by atoms with Crippen molar-refractivity contribution < 1.29 is 18.7 Å². The number of rotatable bonds is 8. The fourth-order valence-corrected chi connectivity index (χ4v) is 3.88. The van der Waals surface area contributed by atoms with Crippen molar-refractivity contribution in [2.75, 3.05) is 18.7 Å². The van der Waals surface area contributed by atoms with E-state index in [1.54, 1.807) is 0 Å². The average molecular weight is 369 g/mol. The number of imidazole rings is 1. The third-order valence-electron chi connectivity index (χ3n) is 4.40. The van der Waals surface area contributed by atoms with Crippen molar-refractivity contribution in [3.63, 3.8) is 0 Å². The van der Waals surface area contributed by atoms with Crippen LogP contribution in [0, 0.1) is 5.92 Å². The molecule has 0 bridgehead atoms. The van der Waals surface area contributed by atoms with Gasteiger partial charge in [0.2, 0.25) is 0 Å². The molecule has 2 heterocycles. The Bertz CT molecular complexity index is 747. The van der Waals surface area contributed by atoms with E-state index < -0.39 is 7.60 Å². The van der Waals surface area contributed by atoms with Crippen molar-refractivity contribution in [3.8, 4) is 0 Å². The van der Waals surface area contributed by atoms with Crippen molar-refractivity contribution in [3.05, 3.63) is 12.2 Å². The first-order valence-electron chi connectivity index (χ1n) is 8.53. The first-order valence-corrected chi connectivity index (χ1v) is 10.3. The SMILES string of the molecule is Nc1ncnc2nc(COCP(=O)(O)OCCC3CCCCC3)[nH]c12. The highest BCUT2D eigenvalue weighted by atomic mass is 31.2. The molecule has 25 heavy (non-hydrogen) atoms. The largest absolute Gasteiger partial charge is 0.382 e. The molecule has 1 fully saturated rings. The van der Waals surface area contributed by atoms with E-state index in [1.807, 2.05) is 0 Å². The highest BCUT2D eigenvalue weighted by Gasteiger charge is 2.21. The van der Waals surface area contributed by atoms with Crippen molar-refractivity contribution in [1.29, 1.82) is 0 Å². The second kappa shape index (κ2) is 8.23. The van der Waals surface area contributed by atoms with Crippen LogP contribution in [0.5, 0.6) is 0 Å². The number of nitrogens with zero attached hydrogens (tertiary/aromatic N) is 3. The van der Waals surface area contributed by atoms with E-state index >= 15 is 0 Å². The summed E-state index contributed by atoms with van der Waals surface area (Å²) in [5.41, 5.74) is 6.67. The third-order valence-corrected chi connectivity index (χ3v) is 5.50. The van der Waals surface area contributed by atoms with Gasteiger partial charge in [0, 0.05) is 0 Å². The Hall–Kier alpha value is -1.54. The van der Waals surface area contributed by atoms with Crippen LogP contribution in [0.15, 0.2) is 6.33 Å². The lowest BCUT2D eigenvalue weighted by molar-refractivity contribution is 0.126. The molecule has 2 aromatic heterocycles. The van der Waals surface area contributed by atoms with Crippen LogP contribution in [0.3, 0.4) is 0 Å². The zero-order chi connectivity index (χ0) is 17.7. The molecule has 9 nitrogen and oxygen atoms in total. The summed E-state index contributed by atoms with van der Waals surface area (Å²) in [6, 6.07) is 0. The second-order valence-corrected chi connectivity index (χ2v) is 8.17. The van der Waals surface area contributed by atoms with Gasteiger partial charge in [-0.05, 0) is 12.3 Å². The Morgan fingerprint density at radius 1 is 1.32 bits per heavy atom. The molecule has 1 aliphatic carbocycles. The van der Waals surface area contributed by atoms with Gasteiger partial charge >= 0.3 is 7.60 Å². The first-order chi connectivity index (χ1) is 12.0. The molecule has 0 aromatic carbocycles. The summed E-state index contributed by atoms with van der Waals surface area (Å²) in [5, 5.41) is 0. The van der Waals surface area contributed by atoms with Crippen LogP contribution in [0.2, 0.25) is 0 Å². The number of hydrogen-bond donors (Lipinski definition) is 3. The molecule has 0 amide bonds. The molecule has 1 aliphatic rings. The van der Waals surface area contributed by atoms with Gasteiger partial charge in [0.05, 0.1) is 6.61 Å². The minimum Gasteiger partial charge on any atom is -0.382 e. The Morgan fingerprint density at radius 3 is 2.88 bits per heavy atom. The molecule has 138 valence electrons. The summed E-state index contributed by atoms with van der Waals surface area (Å²) in [6.45, 7) is 0.324. The zero-order valence-corrected chi connectivity index (χ0v) is 15.0. The first kappa shape index (κ1) is 18.3. The molecular weight excluding hydrogens is 345 g/mol. The highest BCUT2D eigenvalue weighted by Crippen LogP contribution is 2.42. The second-order valence-electron chi connectivity index (χ2n) is 6.38. The Kier molecular flexibility index (Phi) is 6.01. The van der Waals surface area contributed by atoms with Crippen molar-refractivity contribution >= 4 is 24.6 Å². The van der Waals surface area contributed by atoms with E-state index in [4.69, 9.17) is 15.0 Å². The quantitative estimate of drug-likeness (QED) is 0.604. The van der Waals surface area contributed by atoms with E-state index in [0.717, 1.165) is 6.42 Å². The van der Waals surface area contributed by atoms with Gasteiger partial charge in [-0.25, -0.2) is 15.0 Å². The van der Waals surface area contributed by atoms with Crippen LogP contribution in [-0.4, -0.2) is 37.8 Å². The van der Waals surface area contributed by atoms with Crippen LogP contribution in [0.1, 0.15) is 44.3 Å². The van der Waals surface area contributed by atoms with Crippen LogP contribution >= 0.6 is 7.60 Å². The maximum atomic E-state index is 12.0. The van der Waals surface area contributed by atoms with Crippen molar-refractivity contribution in [2.24, 2.45) is 5.92 Å². The molecule has 10 heteroatoms. The highest BCUT2D eigenvalue weighted by molar-refractivity contribution is 7.52. The van der Waals surface area contributed by atoms with E-state index in [0.29, 0.717) is 35.3 Å². The van der Waals surface area contributed by atoms with Gasteiger partial charge in [-0.15, -0.1) is 0 Å². The molecule has 2 aromatic rings. The summed E-state index contributed by atoms with van der Waals surface area (Å²) in [6.07, 6.45) is 7.94. The van der Waals surface area contributed by atoms with Gasteiger partial charge in [-0.2, -0.15) is 0 Å². The molecule has 3 rings (SSSR count). The molecule has 0 aliphatic heterocycles. The summed E-state index contributed by atoms with van der Waals surface area (Å²) in [7, 11) is -3.76. The lowest BCUT2D eigenvalue weighted by atomic mass is 9.87. The number of aromatic nitrogens is 4. The summed E-state index contributed by atoms with van der Waals surface area (Å²) in [5.74, 6) is 1.36. The number of nitrogen functional groups attached to an aromatic ring is 1. The predicted molar refractivity (Wildman–Crippen MR) is 92.7 cm³/mol. The number of aromatic amines is 1. The normalized spacial score (nSPS) is 18.4. The smallest absolute Gasteiger partial charge is 0.353 e. The number of nitrogens with two attached hydrogens (primary N) is 1. The van der Waals surface area contributed by atoms with E-state index in [9.17, 15) is 9.46 Å². The topological polar surface area (TPSA) is 136 Å².